The highest BCUT2D eigenvalue weighted by Crippen LogP contribution is 2.30. The van der Waals surface area contributed by atoms with E-state index in [1.807, 2.05) is 16.3 Å². The van der Waals surface area contributed by atoms with E-state index in [-0.39, 0.29) is 11.3 Å². The number of likely N-dealkylation sites (tertiary alicyclic amines) is 1. The molecule has 4 heteroatoms. The summed E-state index contributed by atoms with van der Waals surface area (Å²) in [7, 11) is 0. The second-order valence-corrected chi connectivity index (χ2v) is 6.58. The van der Waals surface area contributed by atoms with Gasteiger partial charge < -0.3 is 10.6 Å². The van der Waals surface area contributed by atoms with Crippen LogP contribution in [0.1, 0.15) is 41.9 Å². The zero-order chi connectivity index (χ0) is 13.9. The maximum absolute atomic E-state index is 12.6. The maximum atomic E-state index is 12.6. The number of nitrogens with zero attached hydrogens (tertiary/aromatic N) is 1. The molecule has 1 aliphatic heterocycles. The van der Waals surface area contributed by atoms with Crippen LogP contribution in [0.3, 0.4) is 0 Å². The molecule has 1 fully saturated rings. The van der Waals surface area contributed by atoms with Crippen LogP contribution in [0, 0.1) is 17.3 Å². The molecule has 1 amide bonds. The highest BCUT2D eigenvalue weighted by Gasteiger charge is 2.30. The lowest BCUT2D eigenvalue weighted by molar-refractivity contribution is 0.0588. The summed E-state index contributed by atoms with van der Waals surface area (Å²) in [6.07, 6.45) is 2.26. The van der Waals surface area contributed by atoms with Crippen LogP contribution in [0.25, 0.3) is 0 Å². The normalized spacial score (nSPS) is 17.7. The summed E-state index contributed by atoms with van der Waals surface area (Å²) >= 11 is 1.47. The molecule has 1 aliphatic rings. The van der Waals surface area contributed by atoms with Crippen molar-refractivity contribution < 1.29 is 4.79 Å². The number of nitrogens with two attached hydrogens (primary N) is 1. The smallest absolute Gasteiger partial charge is 0.265 e. The second-order valence-electron chi connectivity index (χ2n) is 5.66. The molecule has 1 aromatic rings. The van der Waals surface area contributed by atoms with E-state index >= 15 is 0 Å². The fourth-order valence-electron chi connectivity index (χ4n) is 2.46. The van der Waals surface area contributed by atoms with Gasteiger partial charge in [0.05, 0.1) is 6.54 Å². The van der Waals surface area contributed by atoms with Gasteiger partial charge in [0.15, 0.2) is 0 Å². The zero-order valence-electron chi connectivity index (χ0n) is 11.5. The monoisotopic (exact) mass is 276 g/mol. The number of carbonyl (C=O) groups excluding carboxylic acids is 1. The van der Waals surface area contributed by atoms with Crippen molar-refractivity contribution >= 4 is 17.2 Å². The minimum atomic E-state index is 0.115. The predicted molar refractivity (Wildman–Crippen MR) is 79.2 cm³/mol. The van der Waals surface area contributed by atoms with Crippen molar-refractivity contribution in [3.8, 4) is 11.8 Å². The van der Waals surface area contributed by atoms with Crippen LogP contribution in [-0.4, -0.2) is 30.4 Å². The van der Waals surface area contributed by atoms with Gasteiger partial charge in [-0.3, -0.25) is 4.79 Å². The molecule has 0 atom stereocenters. The predicted octanol–water partition coefficient (Wildman–Crippen LogP) is 2.32. The quantitative estimate of drug-likeness (QED) is 0.800. The van der Waals surface area contributed by atoms with Gasteiger partial charge in [0.2, 0.25) is 0 Å². The minimum absolute atomic E-state index is 0.115. The first-order valence-corrected chi connectivity index (χ1v) is 7.47. The molecule has 0 saturated carbocycles. The Kier molecular flexibility index (Phi) is 4.28. The summed E-state index contributed by atoms with van der Waals surface area (Å²) in [6, 6.07) is 1.90. The first-order valence-electron chi connectivity index (χ1n) is 6.59. The molecule has 1 saturated heterocycles. The molecule has 0 bridgehead atoms. The number of thiophene rings is 1. The molecule has 102 valence electrons. The van der Waals surface area contributed by atoms with Crippen LogP contribution in [-0.2, 0) is 0 Å². The Labute approximate surface area is 118 Å². The first kappa shape index (κ1) is 14.1. The molecule has 2 rings (SSSR count). The van der Waals surface area contributed by atoms with Crippen molar-refractivity contribution in [1.29, 1.82) is 0 Å². The van der Waals surface area contributed by atoms with E-state index < -0.39 is 0 Å². The third-order valence-corrected chi connectivity index (χ3v) is 4.27. The Morgan fingerprint density at radius 1 is 1.58 bits per heavy atom. The van der Waals surface area contributed by atoms with Gasteiger partial charge >= 0.3 is 0 Å². The summed E-state index contributed by atoms with van der Waals surface area (Å²) in [4.78, 5) is 15.3. The average molecular weight is 276 g/mol. The molecule has 0 unspecified atom stereocenters. The van der Waals surface area contributed by atoms with E-state index in [9.17, 15) is 4.79 Å². The van der Waals surface area contributed by atoms with Gasteiger partial charge in [0, 0.05) is 18.7 Å². The average Bonchev–Trinajstić information content (AvgIpc) is 2.82. The highest BCUT2D eigenvalue weighted by atomic mass is 32.1. The molecular weight excluding hydrogens is 256 g/mol. The van der Waals surface area contributed by atoms with E-state index in [1.165, 1.54) is 17.8 Å². The maximum Gasteiger partial charge on any atom is 0.265 e. The molecule has 3 nitrogen and oxygen atoms in total. The Hall–Kier alpha value is -1.31. The van der Waals surface area contributed by atoms with Gasteiger partial charge in [-0.05, 0) is 29.7 Å². The number of amides is 1. The third kappa shape index (κ3) is 3.37. The van der Waals surface area contributed by atoms with Crippen molar-refractivity contribution in [2.75, 3.05) is 19.6 Å². The van der Waals surface area contributed by atoms with Gasteiger partial charge in [-0.15, -0.1) is 11.3 Å². The van der Waals surface area contributed by atoms with E-state index in [0.717, 1.165) is 30.0 Å². The SMILES string of the molecule is CC1(C)CCCN(C(=O)c2sccc2C#CCN)C1. The third-order valence-electron chi connectivity index (χ3n) is 3.37. The van der Waals surface area contributed by atoms with Gasteiger partial charge in [-0.2, -0.15) is 0 Å². The number of hydrogen-bond donors (Lipinski definition) is 1. The van der Waals surface area contributed by atoms with Crippen molar-refractivity contribution in [3.63, 3.8) is 0 Å². The van der Waals surface area contributed by atoms with Crippen LogP contribution >= 0.6 is 11.3 Å². The lowest BCUT2D eigenvalue weighted by Gasteiger charge is -2.37. The lowest BCUT2D eigenvalue weighted by Crippen LogP contribution is -2.43. The van der Waals surface area contributed by atoms with Crippen molar-refractivity contribution in [2.45, 2.75) is 26.7 Å². The Morgan fingerprint density at radius 2 is 2.37 bits per heavy atom. The highest BCUT2D eigenvalue weighted by molar-refractivity contribution is 7.12. The van der Waals surface area contributed by atoms with Crippen LogP contribution in [0.4, 0.5) is 0 Å². The van der Waals surface area contributed by atoms with Crippen LogP contribution in [0.5, 0.6) is 0 Å². The number of rotatable bonds is 1. The zero-order valence-corrected chi connectivity index (χ0v) is 12.3. The fraction of sp³-hybridized carbons (Fsp3) is 0.533. The minimum Gasteiger partial charge on any atom is -0.337 e. The first-order chi connectivity index (χ1) is 9.03. The summed E-state index contributed by atoms with van der Waals surface area (Å²) in [5.74, 6) is 5.92. The Balaban J connectivity index is 2.18. The number of carbonyl (C=O) groups is 1. The van der Waals surface area contributed by atoms with Crippen molar-refractivity contribution in [3.05, 3.63) is 21.9 Å². The van der Waals surface area contributed by atoms with Crippen LogP contribution in [0.2, 0.25) is 0 Å². The van der Waals surface area contributed by atoms with E-state index in [0.29, 0.717) is 6.54 Å². The molecule has 0 spiro atoms. The topological polar surface area (TPSA) is 46.3 Å². The van der Waals surface area contributed by atoms with E-state index in [2.05, 4.69) is 25.7 Å². The lowest BCUT2D eigenvalue weighted by atomic mass is 9.84. The molecule has 2 heterocycles. The van der Waals surface area contributed by atoms with Gasteiger partial charge in [0.1, 0.15) is 4.88 Å². The van der Waals surface area contributed by atoms with Gasteiger partial charge in [-0.1, -0.05) is 25.7 Å². The molecular formula is C15H20N2OS. The molecule has 0 aliphatic carbocycles. The summed E-state index contributed by atoms with van der Waals surface area (Å²) < 4.78 is 0. The molecule has 0 radical (unpaired) electrons. The number of hydrogen-bond acceptors (Lipinski definition) is 3. The van der Waals surface area contributed by atoms with E-state index in [4.69, 9.17) is 5.73 Å². The summed E-state index contributed by atoms with van der Waals surface area (Å²) in [5, 5.41) is 1.92. The fourth-order valence-corrected chi connectivity index (χ4v) is 3.28. The van der Waals surface area contributed by atoms with Gasteiger partial charge in [0.25, 0.3) is 5.91 Å². The Morgan fingerprint density at radius 3 is 3.05 bits per heavy atom. The Bertz CT molecular complexity index is 522. The second kappa shape index (κ2) is 5.77. The van der Waals surface area contributed by atoms with Crippen LogP contribution < -0.4 is 5.73 Å². The van der Waals surface area contributed by atoms with Gasteiger partial charge in [-0.25, -0.2) is 0 Å². The van der Waals surface area contributed by atoms with Crippen molar-refractivity contribution in [1.82, 2.24) is 4.90 Å². The standard InChI is InChI=1S/C15H20N2OS/c1-15(2)7-4-9-17(11-15)14(18)13-12(5-3-8-16)6-10-19-13/h6,10H,4,7-9,11,16H2,1-2H3. The van der Waals surface area contributed by atoms with Crippen LogP contribution in [0.15, 0.2) is 11.4 Å². The molecule has 2 N–H and O–H groups in total. The van der Waals surface area contributed by atoms with E-state index in [1.54, 1.807) is 0 Å². The summed E-state index contributed by atoms with van der Waals surface area (Å²) in [5.41, 5.74) is 6.41. The number of piperidine rings is 1. The molecule has 19 heavy (non-hydrogen) atoms. The van der Waals surface area contributed by atoms with Crippen molar-refractivity contribution in [2.24, 2.45) is 11.1 Å². The largest absolute Gasteiger partial charge is 0.337 e. The summed E-state index contributed by atoms with van der Waals surface area (Å²) in [6.45, 7) is 6.43. The molecule has 1 aromatic heterocycles. The molecule has 0 aromatic carbocycles.